The summed E-state index contributed by atoms with van der Waals surface area (Å²) in [5, 5.41) is 0. The van der Waals surface area contributed by atoms with Crippen molar-refractivity contribution in [3.05, 3.63) is 22.9 Å². The first kappa shape index (κ1) is 12.8. The van der Waals surface area contributed by atoms with Crippen LogP contribution in [0.25, 0.3) is 0 Å². The third-order valence-electron chi connectivity index (χ3n) is 2.97. The molecule has 1 atom stereocenters. The third-order valence-corrected chi connectivity index (χ3v) is 3.44. The molecule has 1 aromatic rings. The fourth-order valence-electron chi connectivity index (χ4n) is 2.29. The number of rotatable bonds is 2. The Hall–Kier alpha value is -0.610. The second kappa shape index (κ2) is 4.25. The standard InChI is InChI=1S/C13H18BrNO2/c1-12(2)7-10(13(3,4)17-12)16-9-5-6-11(14)15-8-9/h5-6,8,10H,7H2,1-4H3. The van der Waals surface area contributed by atoms with Crippen molar-refractivity contribution >= 4 is 15.9 Å². The SMILES string of the molecule is CC1(C)CC(Oc2ccc(Br)nc2)C(C)(C)O1. The Balaban J connectivity index is 2.11. The number of pyridine rings is 1. The summed E-state index contributed by atoms with van der Waals surface area (Å²) in [6.45, 7) is 8.33. The molecule has 0 aliphatic carbocycles. The predicted octanol–water partition coefficient (Wildman–Crippen LogP) is 3.57. The summed E-state index contributed by atoms with van der Waals surface area (Å²) in [5.41, 5.74) is -0.395. The van der Waals surface area contributed by atoms with E-state index in [9.17, 15) is 0 Å². The molecule has 0 bridgehead atoms. The number of halogens is 1. The fraction of sp³-hybridized carbons (Fsp3) is 0.615. The van der Waals surface area contributed by atoms with E-state index in [-0.39, 0.29) is 17.3 Å². The molecule has 4 heteroatoms. The topological polar surface area (TPSA) is 31.4 Å². The van der Waals surface area contributed by atoms with Gasteiger partial charge in [0.2, 0.25) is 0 Å². The van der Waals surface area contributed by atoms with Crippen LogP contribution in [0.4, 0.5) is 0 Å². The van der Waals surface area contributed by atoms with Crippen LogP contribution < -0.4 is 4.74 Å². The minimum atomic E-state index is -0.267. The molecule has 94 valence electrons. The summed E-state index contributed by atoms with van der Waals surface area (Å²) < 4.78 is 12.8. The molecule has 3 nitrogen and oxygen atoms in total. The van der Waals surface area contributed by atoms with Crippen LogP contribution in [0.2, 0.25) is 0 Å². The molecule has 17 heavy (non-hydrogen) atoms. The van der Waals surface area contributed by atoms with Crippen LogP contribution in [-0.4, -0.2) is 22.3 Å². The lowest BCUT2D eigenvalue weighted by Gasteiger charge is -2.27. The number of nitrogens with zero attached hydrogens (tertiary/aromatic N) is 1. The van der Waals surface area contributed by atoms with Gasteiger partial charge in [0, 0.05) is 6.42 Å². The summed E-state index contributed by atoms with van der Waals surface area (Å²) in [5.74, 6) is 0.785. The van der Waals surface area contributed by atoms with Crippen molar-refractivity contribution < 1.29 is 9.47 Å². The van der Waals surface area contributed by atoms with Gasteiger partial charge in [0.15, 0.2) is 0 Å². The summed E-state index contributed by atoms with van der Waals surface area (Å²) in [6, 6.07) is 3.79. The molecule has 2 heterocycles. The van der Waals surface area contributed by atoms with E-state index in [0.717, 1.165) is 16.8 Å². The van der Waals surface area contributed by atoms with Gasteiger partial charge >= 0.3 is 0 Å². The van der Waals surface area contributed by atoms with Crippen molar-refractivity contribution in [2.45, 2.75) is 51.4 Å². The van der Waals surface area contributed by atoms with Gasteiger partial charge in [0.05, 0.1) is 11.8 Å². The van der Waals surface area contributed by atoms with Gasteiger partial charge in [-0.2, -0.15) is 0 Å². The Labute approximate surface area is 111 Å². The lowest BCUT2D eigenvalue weighted by molar-refractivity contribution is -0.0846. The summed E-state index contributed by atoms with van der Waals surface area (Å²) in [4.78, 5) is 4.16. The molecule has 0 spiro atoms. The maximum absolute atomic E-state index is 5.99. The largest absolute Gasteiger partial charge is 0.486 e. The monoisotopic (exact) mass is 299 g/mol. The lowest BCUT2D eigenvalue weighted by Crippen LogP contribution is -2.36. The van der Waals surface area contributed by atoms with E-state index in [1.54, 1.807) is 6.20 Å². The highest BCUT2D eigenvalue weighted by Gasteiger charge is 2.47. The molecule has 0 amide bonds. The van der Waals surface area contributed by atoms with E-state index >= 15 is 0 Å². The Kier molecular flexibility index (Phi) is 3.21. The molecular formula is C13H18BrNO2. The zero-order valence-electron chi connectivity index (χ0n) is 10.7. The molecule has 1 unspecified atom stereocenters. The van der Waals surface area contributed by atoms with E-state index in [0.29, 0.717) is 0 Å². The van der Waals surface area contributed by atoms with E-state index in [1.165, 1.54) is 0 Å². The Morgan fingerprint density at radius 1 is 1.35 bits per heavy atom. The maximum atomic E-state index is 5.99. The average molecular weight is 300 g/mol. The van der Waals surface area contributed by atoms with Gasteiger partial charge < -0.3 is 9.47 Å². The first-order valence-electron chi connectivity index (χ1n) is 5.77. The minimum absolute atomic E-state index is 0.0560. The van der Waals surface area contributed by atoms with Crippen LogP contribution in [0, 0.1) is 0 Å². The second-order valence-electron chi connectivity index (χ2n) is 5.59. The van der Waals surface area contributed by atoms with Gasteiger partial charge in [-0.3, -0.25) is 0 Å². The minimum Gasteiger partial charge on any atom is -0.486 e. The number of aromatic nitrogens is 1. The molecular weight excluding hydrogens is 282 g/mol. The zero-order chi connectivity index (χ0) is 12.7. The van der Waals surface area contributed by atoms with Crippen LogP contribution >= 0.6 is 15.9 Å². The molecule has 0 N–H and O–H groups in total. The Bertz CT molecular complexity index is 400. The third kappa shape index (κ3) is 2.99. The van der Waals surface area contributed by atoms with Crippen LogP contribution in [0.3, 0.4) is 0 Å². The Morgan fingerprint density at radius 2 is 2.06 bits per heavy atom. The van der Waals surface area contributed by atoms with Gasteiger partial charge in [-0.15, -0.1) is 0 Å². The molecule has 1 saturated heterocycles. The fourth-order valence-corrected chi connectivity index (χ4v) is 2.53. The molecule has 0 aromatic carbocycles. The zero-order valence-corrected chi connectivity index (χ0v) is 12.2. The molecule has 2 rings (SSSR count). The van der Waals surface area contributed by atoms with Crippen LogP contribution in [0.15, 0.2) is 22.9 Å². The van der Waals surface area contributed by atoms with Crippen molar-refractivity contribution in [2.24, 2.45) is 0 Å². The molecule has 0 radical (unpaired) electrons. The average Bonchev–Trinajstić information content (AvgIpc) is 2.38. The number of hydrogen-bond donors (Lipinski definition) is 0. The normalized spacial score (nSPS) is 25.8. The van der Waals surface area contributed by atoms with Crippen molar-refractivity contribution in [1.29, 1.82) is 0 Å². The van der Waals surface area contributed by atoms with Gasteiger partial charge in [-0.25, -0.2) is 4.98 Å². The molecule has 0 saturated carbocycles. The highest BCUT2D eigenvalue weighted by atomic mass is 79.9. The van der Waals surface area contributed by atoms with Crippen molar-refractivity contribution in [2.75, 3.05) is 0 Å². The summed E-state index contributed by atoms with van der Waals surface area (Å²) in [6.07, 6.45) is 2.67. The van der Waals surface area contributed by atoms with Gasteiger partial charge in [0.1, 0.15) is 22.1 Å². The predicted molar refractivity (Wildman–Crippen MR) is 70.2 cm³/mol. The second-order valence-corrected chi connectivity index (χ2v) is 6.40. The number of hydrogen-bond acceptors (Lipinski definition) is 3. The first-order valence-corrected chi connectivity index (χ1v) is 6.56. The molecule has 1 aliphatic rings. The van der Waals surface area contributed by atoms with Gasteiger partial charge in [-0.1, -0.05) is 0 Å². The smallest absolute Gasteiger partial charge is 0.138 e. The van der Waals surface area contributed by atoms with E-state index in [1.807, 2.05) is 12.1 Å². The van der Waals surface area contributed by atoms with Crippen LogP contribution in [0.1, 0.15) is 34.1 Å². The molecule has 1 aromatic heterocycles. The van der Waals surface area contributed by atoms with E-state index < -0.39 is 0 Å². The maximum Gasteiger partial charge on any atom is 0.138 e. The summed E-state index contributed by atoms with van der Waals surface area (Å²) >= 11 is 3.31. The van der Waals surface area contributed by atoms with E-state index in [4.69, 9.17) is 9.47 Å². The Morgan fingerprint density at radius 3 is 2.53 bits per heavy atom. The highest BCUT2D eigenvalue weighted by Crippen LogP contribution is 2.39. The van der Waals surface area contributed by atoms with Crippen molar-refractivity contribution in [1.82, 2.24) is 4.98 Å². The number of ether oxygens (including phenoxy) is 2. The van der Waals surface area contributed by atoms with Crippen molar-refractivity contribution in [3.8, 4) is 5.75 Å². The van der Waals surface area contributed by atoms with Gasteiger partial charge in [0.25, 0.3) is 0 Å². The van der Waals surface area contributed by atoms with E-state index in [2.05, 4.69) is 48.6 Å². The van der Waals surface area contributed by atoms with Crippen molar-refractivity contribution in [3.63, 3.8) is 0 Å². The first-order chi connectivity index (χ1) is 7.78. The highest BCUT2D eigenvalue weighted by molar-refractivity contribution is 9.10. The quantitative estimate of drug-likeness (QED) is 0.782. The van der Waals surface area contributed by atoms with Crippen LogP contribution in [0.5, 0.6) is 5.75 Å². The summed E-state index contributed by atoms with van der Waals surface area (Å²) in [7, 11) is 0. The van der Waals surface area contributed by atoms with Crippen LogP contribution in [-0.2, 0) is 4.74 Å². The molecule has 1 aliphatic heterocycles. The lowest BCUT2D eigenvalue weighted by atomic mass is 9.97. The molecule has 1 fully saturated rings. The van der Waals surface area contributed by atoms with Gasteiger partial charge in [-0.05, 0) is 55.8 Å².